The molecule has 4 nitrogen and oxygen atoms in total. The third kappa shape index (κ3) is 6.12. The Morgan fingerprint density at radius 2 is 2.00 bits per heavy atom. The second-order valence-electron chi connectivity index (χ2n) is 7.49. The minimum absolute atomic E-state index is 0.0434. The van der Waals surface area contributed by atoms with Gasteiger partial charge in [-0.05, 0) is 36.5 Å². The molecule has 1 N–H and O–H groups in total. The van der Waals surface area contributed by atoms with Gasteiger partial charge in [-0.1, -0.05) is 48.5 Å². The standard InChI is InChI=1S/C20H28Cl2N2O2/c21-18-7-6-16(10-19(18)22)13-24-8-9-26-17(14-24)12-23-20(25)11-15-4-2-1-3-5-15/h6-7,10,15,17H,1-5,8-9,11-14H2,(H,23,25). The molecule has 3 rings (SSSR count). The minimum Gasteiger partial charge on any atom is -0.374 e. The zero-order valence-electron chi connectivity index (χ0n) is 15.2. The average Bonchev–Trinajstić information content (AvgIpc) is 2.64. The molecule has 1 aliphatic carbocycles. The van der Waals surface area contributed by atoms with Gasteiger partial charge in [0.1, 0.15) is 0 Å². The highest BCUT2D eigenvalue weighted by Gasteiger charge is 2.22. The number of halogens is 2. The molecule has 0 radical (unpaired) electrons. The van der Waals surface area contributed by atoms with Crippen molar-refractivity contribution in [2.45, 2.75) is 51.2 Å². The van der Waals surface area contributed by atoms with Crippen LogP contribution in [0.2, 0.25) is 10.0 Å². The predicted molar refractivity (Wildman–Crippen MR) is 106 cm³/mol. The molecule has 1 saturated heterocycles. The van der Waals surface area contributed by atoms with Gasteiger partial charge in [-0.15, -0.1) is 0 Å². The molecule has 1 saturated carbocycles. The van der Waals surface area contributed by atoms with Crippen molar-refractivity contribution in [3.63, 3.8) is 0 Å². The number of hydrogen-bond donors (Lipinski definition) is 1. The van der Waals surface area contributed by atoms with Crippen LogP contribution < -0.4 is 5.32 Å². The second kappa shape index (κ2) is 9.93. The van der Waals surface area contributed by atoms with Gasteiger partial charge in [-0.2, -0.15) is 0 Å². The molecule has 0 bridgehead atoms. The summed E-state index contributed by atoms with van der Waals surface area (Å²) in [6.07, 6.45) is 6.97. The van der Waals surface area contributed by atoms with Crippen LogP contribution in [0.1, 0.15) is 44.1 Å². The van der Waals surface area contributed by atoms with Gasteiger partial charge in [0.05, 0.1) is 22.8 Å². The third-order valence-electron chi connectivity index (χ3n) is 5.34. The van der Waals surface area contributed by atoms with Crippen molar-refractivity contribution >= 4 is 29.1 Å². The SMILES string of the molecule is O=C(CC1CCCCC1)NCC1CN(Cc2ccc(Cl)c(Cl)c2)CCO1. The van der Waals surface area contributed by atoms with Gasteiger partial charge >= 0.3 is 0 Å². The molecule has 1 heterocycles. The van der Waals surface area contributed by atoms with Gasteiger partial charge in [-0.25, -0.2) is 0 Å². The van der Waals surface area contributed by atoms with Crippen LogP contribution in [0.4, 0.5) is 0 Å². The number of benzene rings is 1. The Kier molecular flexibility index (Phi) is 7.62. The second-order valence-corrected chi connectivity index (χ2v) is 8.30. The van der Waals surface area contributed by atoms with E-state index in [4.69, 9.17) is 27.9 Å². The molecule has 144 valence electrons. The lowest BCUT2D eigenvalue weighted by Crippen LogP contribution is -2.47. The molecule has 1 aromatic rings. The lowest BCUT2D eigenvalue weighted by Gasteiger charge is -2.33. The first-order chi connectivity index (χ1) is 12.6. The highest BCUT2D eigenvalue weighted by atomic mass is 35.5. The number of ether oxygens (including phenoxy) is 1. The fourth-order valence-electron chi connectivity index (χ4n) is 3.90. The summed E-state index contributed by atoms with van der Waals surface area (Å²) in [4.78, 5) is 14.5. The first kappa shape index (κ1) is 19.9. The highest BCUT2D eigenvalue weighted by Crippen LogP contribution is 2.26. The molecule has 1 aromatic carbocycles. The number of nitrogens with one attached hydrogen (secondary N) is 1. The van der Waals surface area contributed by atoms with Crippen molar-refractivity contribution in [1.82, 2.24) is 10.2 Å². The van der Waals surface area contributed by atoms with Gasteiger partial charge < -0.3 is 10.1 Å². The van der Waals surface area contributed by atoms with Crippen molar-refractivity contribution in [2.24, 2.45) is 5.92 Å². The summed E-state index contributed by atoms with van der Waals surface area (Å²) in [7, 11) is 0. The van der Waals surface area contributed by atoms with Crippen molar-refractivity contribution in [3.05, 3.63) is 33.8 Å². The Balaban J connectivity index is 1.41. The number of hydrogen-bond acceptors (Lipinski definition) is 3. The first-order valence-corrected chi connectivity index (χ1v) is 10.4. The quantitative estimate of drug-likeness (QED) is 0.777. The van der Waals surface area contributed by atoms with E-state index in [0.29, 0.717) is 35.5 Å². The van der Waals surface area contributed by atoms with Gasteiger partial charge in [0.25, 0.3) is 0 Å². The van der Waals surface area contributed by atoms with Crippen LogP contribution in [0.5, 0.6) is 0 Å². The Morgan fingerprint density at radius 3 is 2.77 bits per heavy atom. The van der Waals surface area contributed by atoms with E-state index in [2.05, 4.69) is 10.2 Å². The van der Waals surface area contributed by atoms with E-state index in [1.165, 1.54) is 32.1 Å². The number of carbonyl (C=O) groups is 1. The van der Waals surface area contributed by atoms with Crippen molar-refractivity contribution in [1.29, 1.82) is 0 Å². The summed E-state index contributed by atoms with van der Waals surface area (Å²) in [6, 6.07) is 5.76. The molecular weight excluding hydrogens is 371 g/mol. The zero-order valence-corrected chi connectivity index (χ0v) is 16.7. The molecule has 6 heteroatoms. The van der Waals surface area contributed by atoms with Gasteiger partial charge in [0.2, 0.25) is 5.91 Å². The Morgan fingerprint density at radius 1 is 1.19 bits per heavy atom. The van der Waals surface area contributed by atoms with Crippen molar-refractivity contribution < 1.29 is 9.53 Å². The molecule has 26 heavy (non-hydrogen) atoms. The zero-order chi connectivity index (χ0) is 18.4. The molecule has 0 spiro atoms. The normalized spacial score (nSPS) is 22.3. The average molecular weight is 399 g/mol. The topological polar surface area (TPSA) is 41.6 Å². The Hall–Kier alpha value is -0.810. The van der Waals surface area contributed by atoms with Gasteiger partial charge in [-0.3, -0.25) is 9.69 Å². The maximum absolute atomic E-state index is 12.2. The Bertz CT molecular complexity index is 605. The smallest absolute Gasteiger partial charge is 0.220 e. The van der Waals surface area contributed by atoms with Crippen LogP contribution >= 0.6 is 23.2 Å². The third-order valence-corrected chi connectivity index (χ3v) is 6.08. The minimum atomic E-state index is 0.0434. The molecule has 2 fully saturated rings. The number of nitrogens with zero attached hydrogens (tertiary/aromatic N) is 1. The first-order valence-electron chi connectivity index (χ1n) is 9.65. The summed E-state index contributed by atoms with van der Waals surface area (Å²) in [6.45, 7) is 3.78. The predicted octanol–water partition coefficient (Wildman–Crippen LogP) is 4.28. The summed E-state index contributed by atoms with van der Waals surface area (Å²) >= 11 is 12.1. The van der Waals surface area contributed by atoms with E-state index >= 15 is 0 Å². The van der Waals surface area contributed by atoms with Crippen LogP contribution in [0.3, 0.4) is 0 Å². The molecule has 1 unspecified atom stereocenters. The van der Waals surface area contributed by atoms with E-state index in [0.717, 1.165) is 25.2 Å². The number of carbonyl (C=O) groups excluding carboxylic acids is 1. The van der Waals surface area contributed by atoms with Crippen molar-refractivity contribution in [3.8, 4) is 0 Å². The molecule has 2 aliphatic rings. The maximum Gasteiger partial charge on any atom is 0.220 e. The largest absolute Gasteiger partial charge is 0.374 e. The molecule has 1 atom stereocenters. The summed E-state index contributed by atoms with van der Waals surface area (Å²) in [5, 5.41) is 4.24. The van der Waals surface area contributed by atoms with Crippen LogP contribution in [0, 0.1) is 5.92 Å². The molecule has 1 amide bonds. The van der Waals surface area contributed by atoms with E-state index in [9.17, 15) is 4.79 Å². The number of rotatable bonds is 6. The maximum atomic E-state index is 12.2. The van der Waals surface area contributed by atoms with E-state index in [1.54, 1.807) is 0 Å². The van der Waals surface area contributed by atoms with E-state index < -0.39 is 0 Å². The number of amides is 1. The monoisotopic (exact) mass is 398 g/mol. The molecular formula is C20H28Cl2N2O2. The lowest BCUT2D eigenvalue weighted by atomic mass is 9.87. The van der Waals surface area contributed by atoms with E-state index in [-0.39, 0.29) is 12.0 Å². The summed E-state index contributed by atoms with van der Waals surface area (Å²) in [5.41, 5.74) is 1.14. The van der Waals surface area contributed by atoms with Crippen LogP contribution in [0.15, 0.2) is 18.2 Å². The fourth-order valence-corrected chi connectivity index (χ4v) is 4.22. The van der Waals surface area contributed by atoms with E-state index in [1.807, 2.05) is 18.2 Å². The van der Waals surface area contributed by atoms with Gasteiger partial charge in [0.15, 0.2) is 0 Å². The summed E-state index contributed by atoms with van der Waals surface area (Å²) in [5.74, 6) is 0.740. The fraction of sp³-hybridized carbons (Fsp3) is 0.650. The van der Waals surface area contributed by atoms with Crippen LogP contribution in [-0.4, -0.2) is 43.2 Å². The molecule has 0 aromatic heterocycles. The number of morpholine rings is 1. The van der Waals surface area contributed by atoms with Crippen LogP contribution in [-0.2, 0) is 16.1 Å². The highest BCUT2D eigenvalue weighted by molar-refractivity contribution is 6.42. The van der Waals surface area contributed by atoms with Crippen molar-refractivity contribution in [2.75, 3.05) is 26.2 Å². The summed E-state index contributed by atoms with van der Waals surface area (Å²) < 4.78 is 5.83. The van der Waals surface area contributed by atoms with Crippen LogP contribution in [0.25, 0.3) is 0 Å². The molecule has 1 aliphatic heterocycles. The Labute approximate surface area is 166 Å². The lowest BCUT2D eigenvalue weighted by molar-refractivity contribution is -0.123. The van der Waals surface area contributed by atoms with Gasteiger partial charge in [0, 0.05) is 32.6 Å².